The number of piperazine rings is 1. The molecule has 0 amide bonds. The Kier molecular flexibility index (Phi) is 6.38. The fraction of sp³-hybridized carbons (Fsp3) is 0.350. The lowest BCUT2D eigenvalue weighted by Gasteiger charge is -2.35. The van der Waals surface area contributed by atoms with Crippen LogP contribution in [0.15, 0.2) is 47.4 Å². The Bertz CT molecular complexity index is 929. The first kappa shape index (κ1) is 19.9. The number of thioether (sulfide) groups is 1. The maximum Gasteiger partial charge on any atom is 0.186 e. The van der Waals surface area contributed by atoms with E-state index in [1.807, 2.05) is 18.2 Å². The molecule has 148 valence electrons. The number of thiazole rings is 1. The summed E-state index contributed by atoms with van der Waals surface area (Å²) in [6.07, 6.45) is -0.411. The minimum Gasteiger partial charge on any atom is -0.391 e. The molecule has 1 atom stereocenters. The maximum atomic E-state index is 12.9. The zero-order valence-electron chi connectivity index (χ0n) is 15.2. The lowest BCUT2D eigenvalue weighted by molar-refractivity contribution is 0.126. The highest BCUT2D eigenvalue weighted by Gasteiger charge is 2.21. The van der Waals surface area contributed by atoms with Gasteiger partial charge in [0.15, 0.2) is 5.13 Å². The molecule has 4 nitrogen and oxygen atoms in total. The smallest absolute Gasteiger partial charge is 0.186 e. The molecule has 1 fully saturated rings. The highest BCUT2D eigenvalue weighted by molar-refractivity contribution is 7.99. The van der Waals surface area contributed by atoms with Gasteiger partial charge in [-0.25, -0.2) is 9.37 Å². The van der Waals surface area contributed by atoms with Gasteiger partial charge in [0, 0.05) is 48.4 Å². The molecule has 1 aliphatic rings. The van der Waals surface area contributed by atoms with Crippen molar-refractivity contribution in [2.45, 2.75) is 11.0 Å². The summed E-state index contributed by atoms with van der Waals surface area (Å²) in [6.45, 7) is 4.23. The van der Waals surface area contributed by atoms with Crippen molar-refractivity contribution in [2.24, 2.45) is 0 Å². The number of benzene rings is 2. The topological polar surface area (TPSA) is 39.6 Å². The van der Waals surface area contributed by atoms with Crippen molar-refractivity contribution < 1.29 is 9.50 Å². The minimum absolute atomic E-state index is 0.237. The molecule has 0 aliphatic carbocycles. The molecular weight excluding hydrogens is 417 g/mol. The molecule has 28 heavy (non-hydrogen) atoms. The molecular formula is C20H21ClFN3OS2. The van der Waals surface area contributed by atoms with Crippen LogP contribution in [0.4, 0.5) is 9.52 Å². The standard InChI is InChI=1S/C20H21ClFN3OS2/c21-14-1-6-18-19(11-14)28-20(23-18)25-9-7-24(8-10-25)12-16(26)13-27-17-4-2-15(22)3-5-17/h1-6,11,16,26H,7-10,12-13H2/t16-/m0/s1. The number of hydrogen-bond acceptors (Lipinski definition) is 6. The molecule has 8 heteroatoms. The van der Waals surface area contributed by atoms with Gasteiger partial charge < -0.3 is 10.0 Å². The average molecular weight is 438 g/mol. The fourth-order valence-electron chi connectivity index (χ4n) is 3.22. The Balaban J connectivity index is 1.25. The number of aliphatic hydroxyl groups is 1. The maximum absolute atomic E-state index is 12.9. The van der Waals surface area contributed by atoms with Gasteiger partial charge in [0.25, 0.3) is 0 Å². The van der Waals surface area contributed by atoms with Crippen LogP contribution in [-0.2, 0) is 0 Å². The highest BCUT2D eigenvalue weighted by atomic mass is 35.5. The van der Waals surface area contributed by atoms with E-state index in [1.54, 1.807) is 35.2 Å². The number of aliphatic hydroxyl groups excluding tert-OH is 1. The molecule has 2 heterocycles. The normalized spacial score (nSPS) is 16.6. The molecule has 0 saturated carbocycles. The van der Waals surface area contributed by atoms with Gasteiger partial charge in [0.2, 0.25) is 0 Å². The van der Waals surface area contributed by atoms with Crippen LogP contribution >= 0.6 is 34.7 Å². The predicted molar refractivity (Wildman–Crippen MR) is 116 cm³/mol. The number of nitrogens with zero attached hydrogens (tertiary/aromatic N) is 3. The van der Waals surface area contributed by atoms with Crippen LogP contribution in [-0.4, -0.2) is 59.6 Å². The van der Waals surface area contributed by atoms with E-state index in [4.69, 9.17) is 16.6 Å². The second-order valence-electron chi connectivity index (χ2n) is 6.81. The Morgan fingerprint density at radius 1 is 1.14 bits per heavy atom. The van der Waals surface area contributed by atoms with Gasteiger partial charge in [0.05, 0.1) is 16.3 Å². The van der Waals surface area contributed by atoms with E-state index in [-0.39, 0.29) is 5.82 Å². The quantitative estimate of drug-likeness (QED) is 0.580. The summed E-state index contributed by atoms with van der Waals surface area (Å²) in [5.41, 5.74) is 0.986. The summed E-state index contributed by atoms with van der Waals surface area (Å²) in [7, 11) is 0. The minimum atomic E-state index is -0.411. The first-order chi connectivity index (χ1) is 13.6. The summed E-state index contributed by atoms with van der Waals surface area (Å²) in [4.78, 5) is 10.3. The van der Waals surface area contributed by atoms with Gasteiger partial charge in [-0.1, -0.05) is 22.9 Å². The van der Waals surface area contributed by atoms with E-state index in [0.29, 0.717) is 12.3 Å². The molecule has 1 aromatic heterocycles. The summed E-state index contributed by atoms with van der Waals surface area (Å²) in [6, 6.07) is 12.2. The first-order valence-corrected chi connectivity index (χ1v) is 11.3. The number of β-amino-alcohol motifs (C(OH)–C–C–N with tert-alkyl or cyclic N) is 1. The van der Waals surface area contributed by atoms with Crippen LogP contribution in [0.2, 0.25) is 5.02 Å². The summed E-state index contributed by atoms with van der Waals surface area (Å²) in [5, 5.41) is 12.1. The third kappa shape index (κ3) is 4.96. The van der Waals surface area contributed by atoms with E-state index in [9.17, 15) is 9.50 Å². The monoisotopic (exact) mass is 437 g/mol. The van der Waals surface area contributed by atoms with E-state index in [0.717, 1.165) is 51.4 Å². The Morgan fingerprint density at radius 2 is 1.89 bits per heavy atom. The van der Waals surface area contributed by atoms with Crippen molar-refractivity contribution in [2.75, 3.05) is 43.4 Å². The van der Waals surface area contributed by atoms with E-state index < -0.39 is 6.10 Å². The van der Waals surface area contributed by atoms with Crippen LogP contribution in [0.1, 0.15) is 0 Å². The second kappa shape index (κ2) is 8.97. The van der Waals surface area contributed by atoms with E-state index in [1.165, 1.54) is 12.1 Å². The third-order valence-corrected chi connectivity index (χ3v) is 7.18. The first-order valence-electron chi connectivity index (χ1n) is 9.17. The molecule has 1 N–H and O–H groups in total. The van der Waals surface area contributed by atoms with Gasteiger partial charge in [-0.15, -0.1) is 11.8 Å². The Labute approximate surface area is 176 Å². The summed E-state index contributed by atoms with van der Waals surface area (Å²) < 4.78 is 14.1. The lowest BCUT2D eigenvalue weighted by Crippen LogP contribution is -2.48. The number of hydrogen-bond donors (Lipinski definition) is 1. The summed E-state index contributed by atoms with van der Waals surface area (Å²) >= 11 is 9.30. The van der Waals surface area contributed by atoms with Gasteiger partial charge >= 0.3 is 0 Å². The molecule has 0 bridgehead atoms. The Hall–Kier alpha value is -1.38. The Morgan fingerprint density at radius 3 is 2.64 bits per heavy atom. The highest BCUT2D eigenvalue weighted by Crippen LogP contribution is 2.31. The number of halogens is 2. The predicted octanol–water partition coefficient (Wildman–Crippen LogP) is 4.36. The van der Waals surface area contributed by atoms with Crippen molar-refractivity contribution >= 4 is 50.0 Å². The number of fused-ring (bicyclic) bond motifs is 1. The van der Waals surface area contributed by atoms with Crippen LogP contribution in [0.5, 0.6) is 0 Å². The number of anilines is 1. The molecule has 1 saturated heterocycles. The lowest BCUT2D eigenvalue weighted by atomic mass is 10.3. The van der Waals surface area contributed by atoms with Crippen molar-refractivity contribution in [3.05, 3.63) is 53.3 Å². The SMILES string of the molecule is O[C@H](CSc1ccc(F)cc1)CN1CCN(c2nc3ccc(Cl)cc3s2)CC1. The molecule has 4 rings (SSSR count). The summed E-state index contributed by atoms with van der Waals surface area (Å²) in [5.74, 6) is 0.365. The van der Waals surface area contributed by atoms with Gasteiger partial charge in [-0.2, -0.15) is 0 Å². The van der Waals surface area contributed by atoms with Crippen LogP contribution in [0.3, 0.4) is 0 Å². The largest absolute Gasteiger partial charge is 0.391 e. The molecule has 1 aliphatic heterocycles. The molecule has 2 aromatic carbocycles. The van der Waals surface area contributed by atoms with E-state index in [2.05, 4.69) is 9.80 Å². The van der Waals surface area contributed by atoms with Crippen molar-refractivity contribution in [1.82, 2.24) is 9.88 Å². The second-order valence-corrected chi connectivity index (χ2v) is 9.35. The van der Waals surface area contributed by atoms with Crippen LogP contribution in [0, 0.1) is 5.82 Å². The third-order valence-electron chi connectivity index (χ3n) is 4.71. The van der Waals surface area contributed by atoms with Crippen LogP contribution in [0.25, 0.3) is 10.2 Å². The van der Waals surface area contributed by atoms with Gasteiger partial charge in [0.1, 0.15) is 5.82 Å². The van der Waals surface area contributed by atoms with Gasteiger partial charge in [-0.3, -0.25) is 4.90 Å². The molecule has 0 radical (unpaired) electrons. The van der Waals surface area contributed by atoms with Gasteiger partial charge in [-0.05, 0) is 42.5 Å². The van der Waals surface area contributed by atoms with Crippen molar-refractivity contribution in [3.8, 4) is 0 Å². The zero-order chi connectivity index (χ0) is 19.5. The van der Waals surface area contributed by atoms with E-state index >= 15 is 0 Å². The molecule has 0 spiro atoms. The van der Waals surface area contributed by atoms with Crippen molar-refractivity contribution in [1.29, 1.82) is 0 Å². The van der Waals surface area contributed by atoms with Crippen LogP contribution < -0.4 is 4.90 Å². The average Bonchev–Trinajstić information content (AvgIpc) is 3.11. The van der Waals surface area contributed by atoms with Crippen molar-refractivity contribution in [3.63, 3.8) is 0 Å². The molecule has 0 unspecified atom stereocenters. The molecule has 3 aromatic rings. The number of aromatic nitrogens is 1. The fourth-order valence-corrected chi connectivity index (χ4v) is 5.33. The number of rotatable bonds is 6. The zero-order valence-corrected chi connectivity index (χ0v) is 17.6.